The van der Waals surface area contributed by atoms with Crippen LogP contribution in [0.15, 0.2) is 41.3 Å². The molecule has 0 spiro atoms. The van der Waals surface area contributed by atoms with E-state index in [-0.39, 0.29) is 17.1 Å². The zero-order valence-electron chi connectivity index (χ0n) is 16.1. The summed E-state index contributed by atoms with van der Waals surface area (Å²) in [6.07, 6.45) is 5.13. The van der Waals surface area contributed by atoms with Gasteiger partial charge in [0.2, 0.25) is 0 Å². The third kappa shape index (κ3) is 3.91. The van der Waals surface area contributed by atoms with Crippen LogP contribution in [0, 0.1) is 5.82 Å². The van der Waals surface area contributed by atoms with Gasteiger partial charge in [0.1, 0.15) is 11.5 Å². The number of nitrogens with one attached hydrogen (secondary N) is 1. The van der Waals surface area contributed by atoms with Crippen LogP contribution in [0.5, 0.6) is 0 Å². The number of carbonyl (C=O) groups excluding carboxylic acids is 1. The molecule has 152 valence electrons. The second-order valence-electron chi connectivity index (χ2n) is 7.21. The minimum Gasteiger partial charge on any atom is -0.385 e. The number of rotatable bonds is 6. The van der Waals surface area contributed by atoms with Crippen LogP contribution in [0.1, 0.15) is 35.6 Å². The van der Waals surface area contributed by atoms with Crippen molar-refractivity contribution in [2.45, 2.75) is 24.7 Å². The third-order valence-corrected chi connectivity index (χ3v) is 5.51. The zero-order valence-corrected chi connectivity index (χ0v) is 16.1. The van der Waals surface area contributed by atoms with Crippen molar-refractivity contribution in [3.8, 4) is 11.5 Å². The number of amides is 1. The molecule has 1 N–H and O–H groups in total. The van der Waals surface area contributed by atoms with E-state index in [0.717, 1.165) is 6.42 Å². The molecule has 1 saturated heterocycles. The Morgan fingerprint density at radius 3 is 2.72 bits per heavy atom. The Kier molecular flexibility index (Phi) is 5.39. The molecule has 0 radical (unpaired) electrons. The summed E-state index contributed by atoms with van der Waals surface area (Å²) in [5.74, 6) is 0.567. The number of H-pyrrole nitrogens is 1. The molecule has 0 aliphatic carbocycles. The SMILES string of the molecule is COCCC1(c2noc(-c3ccc(F)cc3)n2)CCN(C(=O)c2cnc[nH]2)CC1. The van der Waals surface area contributed by atoms with Gasteiger partial charge in [0.05, 0.1) is 12.5 Å². The summed E-state index contributed by atoms with van der Waals surface area (Å²) in [6, 6.07) is 5.94. The number of hydrogen-bond donors (Lipinski definition) is 1. The van der Waals surface area contributed by atoms with Crippen molar-refractivity contribution in [2.75, 3.05) is 26.8 Å². The van der Waals surface area contributed by atoms with E-state index in [1.54, 1.807) is 24.1 Å². The molecule has 8 nitrogen and oxygen atoms in total. The Morgan fingerprint density at radius 1 is 1.31 bits per heavy atom. The molecule has 0 bridgehead atoms. The molecule has 1 aliphatic heterocycles. The molecule has 29 heavy (non-hydrogen) atoms. The maximum atomic E-state index is 13.2. The number of hydrogen-bond acceptors (Lipinski definition) is 6. The van der Waals surface area contributed by atoms with E-state index in [4.69, 9.17) is 9.26 Å². The van der Waals surface area contributed by atoms with Crippen molar-refractivity contribution in [1.82, 2.24) is 25.0 Å². The van der Waals surface area contributed by atoms with Crippen molar-refractivity contribution in [2.24, 2.45) is 0 Å². The van der Waals surface area contributed by atoms with Crippen LogP contribution in [0.25, 0.3) is 11.5 Å². The van der Waals surface area contributed by atoms with Crippen molar-refractivity contribution >= 4 is 5.91 Å². The van der Waals surface area contributed by atoms with Gasteiger partial charge in [-0.3, -0.25) is 4.79 Å². The van der Waals surface area contributed by atoms with Gasteiger partial charge in [-0.15, -0.1) is 0 Å². The Hall–Kier alpha value is -3.07. The first-order valence-corrected chi connectivity index (χ1v) is 9.48. The molecule has 1 aliphatic rings. The van der Waals surface area contributed by atoms with Crippen LogP contribution < -0.4 is 0 Å². The van der Waals surface area contributed by atoms with Gasteiger partial charge < -0.3 is 19.1 Å². The number of aromatic nitrogens is 4. The van der Waals surface area contributed by atoms with Crippen LogP contribution in [0.4, 0.5) is 4.39 Å². The van der Waals surface area contributed by atoms with Gasteiger partial charge in [-0.25, -0.2) is 9.37 Å². The highest BCUT2D eigenvalue weighted by Gasteiger charge is 2.41. The minimum absolute atomic E-state index is 0.0667. The van der Waals surface area contributed by atoms with Crippen molar-refractivity contribution < 1.29 is 18.4 Å². The molecule has 9 heteroatoms. The molecular weight excluding hydrogens is 377 g/mol. The highest BCUT2D eigenvalue weighted by Crippen LogP contribution is 2.38. The van der Waals surface area contributed by atoms with Gasteiger partial charge in [0.15, 0.2) is 5.82 Å². The average Bonchev–Trinajstić information content (AvgIpc) is 3.45. The predicted molar refractivity (Wildman–Crippen MR) is 102 cm³/mol. The Bertz CT molecular complexity index is 947. The van der Waals surface area contributed by atoms with Gasteiger partial charge in [0.25, 0.3) is 11.8 Å². The Morgan fingerprint density at radius 2 is 2.07 bits per heavy atom. The van der Waals surface area contributed by atoms with E-state index in [2.05, 4.69) is 20.1 Å². The first-order valence-electron chi connectivity index (χ1n) is 9.48. The standard InChI is InChI=1S/C20H22FN5O3/c1-28-11-8-20(6-9-26(10-7-20)18(27)16-12-22-13-23-16)19-24-17(29-25-19)14-2-4-15(21)5-3-14/h2-5,12-13H,6-11H2,1H3,(H,22,23). The quantitative estimate of drug-likeness (QED) is 0.685. The van der Waals surface area contributed by atoms with Gasteiger partial charge in [-0.05, 0) is 43.5 Å². The predicted octanol–water partition coefficient (Wildman–Crippen LogP) is 2.81. The average molecular weight is 399 g/mol. The van der Waals surface area contributed by atoms with Crippen molar-refractivity contribution in [3.05, 3.63) is 54.1 Å². The van der Waals surface area contributed by atoms with E-state index >= 15 is 0 Å². The lowest BCUT2D eigenvalue weighted by Gasteiger charge is -2.39. The second-order valence-corrected chi connectivity index (χ2v) is 7.21. The second kappa shape index (κ2) is 8.12. The fourth-order valence-electron chi connectivity index (χ4n) is 3.71. The molecule has 3 heterocycles. The summed E-state index contributed by atoms with van der Waals surface area (Å²) in [6.45, 7) is 1.69. The highest BCUT2D eigenvalue weighted by molar-refractivity contribution is 5.92. The number of piperidine rings is 1. The summed E-state index contributed by atoms with van der Waals surface area (Å²) < 4.78 is 24.0. The number of methoxy groups -OCH3 is 1. The highest BCUT2D eigenvalue weighted by atomic mass is 19.1. The molecule has 0 atom stereocenters. The van der Waals surface area contributed by atoms with Crippen LogP contribution in [0.2, 0.25) is 0 Å². The van der Waals surface area contributed by atoms with Crippen LogP contribution >= 0.6 is 0 Å². The van der Waals surface area contributed by atoms with Crippen molar-refractivity contribution in [3.63, 3.8) is 0 Å². The zero-order chi connectivity index (χ0) is 20.3. The molecule has 1 fully saturated rings. The number of carbonyl (C=O) groups is 1. The van der Waals surface area contributed by atoms with Gasteiger partial charge in [0, 0.05) is 37.8 Å². The molecule has 3 aromatic rings. The number of ether oxygens (including phenoxy) is 1. The topological polar surface area (TPSA) is 97.1 Å². The monoisotopic (exact) mass is 399 g/mol. The fourth-order valence-corrected chi connectivity index (χ4v) is 3.71. The summed E-state index contributed by atoms with van der Waals surface area (Å²) in [5, 5.41) is 4.23. The van der Waals surface area contributed by atoms with Gasteiger partial charge >= 0.3 is 0 Å². The third-order valence-electron chi connectivity index (χ3n) is 5.51. The Balaban J connectivity index is 1.54. The van der Waals surface area contributed by atoms with Crippen LogP contribution in [-0.4, -0.2) is 57.7 Å². The van der Waals surface area contributed by atoms with Gasteiger partial charge in [-0.1, -0.05) is 5.16 Å². The van der Waals surface area contributed by atoms with E-state index in [0.29, 0.717) is 55.5 Å². The fraction of sp³-hybridized carbons (Fsp3) is 0.400. The first kappa shape index (κ1) is 19.3. The molecule has 1 amide bonds. The smallest absolute Gasteiger partial charge is 0.271 e. The number of aromatic amines is 1. The normalized spacial score (nSPS) is 16.1. The van der Waals surface area contributed by atoms with Crippen molar-refractivity contribution in [1.29, 1.82) is 0 Å². The summed E-state index contributed by atoms with van der Waals surface area (Å²) in [4.78, 5) is 25.8. The largest absolute Gasteiger partial charge is 0.385 e. The number of imidazole rings is 1. The number of benzene rings is 1. The van der Waals surface area contributed by atoms with Gasteiger partial charge in [-0.2, -0.15) is 4.98 Å². The summed E-state index contributed by atoms with van der Waals surface area (Å²) in [7, 11) is 1.66. The summed E-state index contributed by atoms with van der Waals surface area (Å²) in [5.41, 5.74) is 0.800. The lowest BCUT2D eigenvalue weighted by atomic mass is 9.75. The van der Waals surface area contributed by atoms with E-state index in [1.165, 1.54) is 24.7 Å². The van der Waals surface area contributed by atoms with E-state index in [1.807, 2.05) is 0 Å². The van der Waals surface area contributed by atoms with E-state index < -0.39 is 0 Å². The van der Waals surface area contributed by atoms with E-state index in [9.17, 15) is 9.18 Å². The van der Waals surface area contributed by atoms with Crippen LogP contribution in [-0.2, 0) is 10.2 Å². The lowest BCUT2D eigenvalue weighted by molar-refractivity contribution is 0.0611. The molecule has 0 unspecified atom stereocenters. The number of likely N-dealkylation sites (tertiary alicyclic amines) is 1. The first-order chi connectivity index (χ1) is 14.1. The molecule has 2 aromatic heterocycles. The Labute approximate surface area is 167 Å². The summed E-state index contributed by atoms with van der Waals surface area (Å²) >= 11 is 0. The van der Waals surface area contributed by atoms with Crippen LogP contribution in [0.3, 0.4) is 0 Å². The lowest BCUT2D eigenvalue weighted by Crippen LogP contribution is -2.46. The minimum atomic E-state index is -0.345. The molecule has 0 saturated carbocycles. The number of nitrogens with zero attached hydrogens (tertiary/aromatic N) is 4. The molecule has 1 aromatic carbocycles. The molecular formula is C20H22FN5O3. The maximum absolute atomic E-state index is 13.2. The molecule has 4 rings (SSSR count). The maximum Gasteiger partial charge on any atom is 0.271 e. The number of halogens is 1.